The first-order valence-corrected chi connectivity index (χ1v) is 6.57. The summed E-state index contributed by atoms with van der Waals surface area (Å²) in [7, 11) is 0. The lowest BCUT2D eigenvalue weighted by atomic mass is 10.2. The molecule has 0 aromatic heterocycles. The average Bonchev–Trinajstić information content (AvgIpc) is 2.31. The first-order valence-electron chi connectivity index (χ1n) is 5.49. The topological polar surface area (TPSA) is 72.8 Å². The Morgan fingerprint density at radius 1 is 1.42 bits per heavy atom. The van der Waals surface area contributed by atoms with E-state index in [9.17, 15) is 9.59 Å². The van der Waals surface area contributed by atoms with Crippen molar-refractivity contribution in [3.63, 3.8) is 0 Å². The van der Waals surface area contributed by atoms with Crippen LogP contribution in [-0.4, -0.2) is 23.7 Å². The van der Waals surface area contributed by atoms with Crippen molar-refractivity contribution in [2.45, 2.75) is 13.8 Å². The number of carboxylic acids is 1. The van der Waals surface area contributed by atoms with E-state index in [1.807, 2.05) is 29.5 Å². The molecule has 0 fully saturated rings. The molecule has 0 saturated heterocycles. The zero-order chi connectivity index (χ0) is 14.4. The zero-order valence-corrected chi connectivity index (χ0v) is 12.6. The van der Waals surface area contributed by atoms with Gasteiger partial charge < -0.3 is 14.6 Å². The Labute approximate surface area is 124 Å². The summed E-state index contributed by atoms with van der Waals surface area (Å²) in [5.41, 5.74) is 0.658. The molecule has 1 N–H and O–H groups in total. The molecule has 0 atom stereocenters. The van der Waals surface area contributed by atoms with E-state index >= 15 is 0 Å². The lowest BCUT2D eigenvalue weighted by molar-refractivity contribution is -0.132. The second-order valence-corrected chi connectivity index (χ2v) is 4.69. The van der Waals surface area contributed by atoms with E-state index in [-0.39, 0.29) is 0 Å². The van der Waals surface area contributed by atoms with Crippen molar-refractivity contribution in [3.8, 4) is 11.5 Å². The van der Waals surface area contributed by atoms with Gasteiger partial charge in [0.2, 0.25) is 0 Å². The van der Waals surface area contributed by atoms with Crippen molar-refractivity contribution in [2.75, 3.05) is 6.61 Å². The van der Waals surface area contributed by atoms with E-state index in [1.165, 1.54) is 13.0 Å². The van der Waals surface area contributed by atoms with Gasteiger partial charge >= 0.3 is 11.9 Å². The van der Waals surface area contributed by atoms with Crippen LogP contribution in [0.2, 0.25) is 0 Å². The minimum atomic E-state index is -1.03. The van der Waals surface area contributed by atoms with Gasteiger partial charge in [0.15, 0.2) is 11.5 Å². The van der Waals surface area contributed by atoms with Crippen LogP contribution in [-0.2, 0) is 9.59 Å². The smallest absolute Gasteiger partial charge is 0.328 e. The van der Waals surface area contributed by atoms with Crippen LogP contribution >= 0.6 is 22.6 Å². The van der Waals surface area contributed by atoms with Gasteiger partial charge in [-0.1, -0.05) is 0 Å². The third kappa shape index (κ3) is 4.90. The Morgan fingerprint density at radius 2 is 2.11 bits per heavy atom. The Balaban J connectivity index is 3.19. The fraction of sp³-hybridized carbons (Fsp3) is 0.231. The second kappa shape index (κ2) is 7.13. The van der Waals surface area contributed by atoms with Crippen LogP contribution in [0.1, 0.15) is 19.4 Å². The molecule has 0 amide bonds. The Hall–Kier alpha value is -1.57. The molecule has 0 aliphatic carbocycles. The molecule has 0 heterocycles. The number of rotatable bonds is 5. The number of carboxylic acid groups (broad SMARTS) is 1. The number of ether oxygens (including phenoxy) is 2. The van der Waals surface area contributed by atoms with E-state index in [1.54, 1.807) is 12.1 Å². The van der Waals surface area contributed by atoms with Crippen LogP contribution in [0, 0.1) is 3.57 Å². The van der Waals surface area contributed by atoms with Gasteiger partial charge in [-0.2, -0.15) is 0 Å². The predicted molar refractivity (Wildman–Crippen MR) is 78.3 cm³/mol. The van der Waals surface area contributed by atoms with Crippen LogP contribution in [0.25, 0.3) is 6.08 Å². The minimum Gasteiger partial charge on any atom is -0.490 e. The molecule has 0 bridgehead atoms. The summed E-state index contributed by atoms with van der Waals surface area (Å²) in [6.07, 6.45) is 2.48. The van der Waals surface area contributed by atoms with E-state index in [0.717, 1.165) is 6.08 Å². The number of hydrogen-bond acceptors (Lipinski definition) is 4. The van der Waals surface area contributed by atoms with Gasteiger partial charge in [-0.25, -0.2) is 4.79 Å². The molecule has 0 aliphatic heterocycles. The van der Waals surface area contributed by atoms with E-state index < -0.39 is 11.9 Å². The van der Waals surface area contributed by atoms with Crippen molar-refractivity contribution in [1.82, 2.24) is 0 Å². The second-order valence-electron chi connectivity index (χ2n) is 3.53. The number of benzene rings is 1. The normalized spacial score (nSPS) is 10.5. The van der Waals surface area contributed by atoms with Crippen LogP contribution in [0.15, 0.2) is 18.2 Å². The lowest BCUT2D eigenvalue weighted by Crippen LogP contribution is -2.06. The van der Waals surface area contributed by atoms with Crippen molar-refractivity contribution >= 4 is 40.6 Å². The highest BCUT2D eigenvalue weighted by molar-refractivity contribution is 14.1. The number of halogens is 1. The van der Waals surface area contributed by atoms with Crippen LogP contribution < -0.4 is 9.47 Å². The SMILES string of the molecule is CCOc1cc(C=CC(=O)O)cc(I)c1OC(C)=O. The Morgan fingerprint density at radius 3 is 2.63 bits per heavy atom. The fourth-order valence-electron chi connectivity index (χ4n) is 1.36. The first kappa shape index (κ1) is 15.5. The molecule has 19 heavy (non-hydrogen) atoms. The quantitative estimate of drug-likeness (QED) is 0.370. The van der Waals surface area contributed by atoms with Crippen molar-refractivity contribution in [1.29, 1.82) is 0 Å². The first-order chi connectivity index (χ1) is 8.93. The highest BCUT2D eigenvalue weighted by atomic mass is 127. The lowest BCUT2D eigenvalue weighted by Gasteiger charge is -2.12. The summed E-state index contributed by atoms with van der Waals surface area (Å²) in [6, 6.07) is 3.34. The van der Waals surface area contributed by atoms with Crippen molar-refractivity contribution < 1.29 is 24.2 Å². The predicted octanol–water partition coefficient (Wildman–Crippen LogP) is 2.71. The van der Waals surface area contributed by atoms with Crippen LogP contribution in [0.3, 0.4) is 0 Å². The van der Waals surface area contributed by atoms with Gasteiger partial charge in [-0.05, 0) is 53.3 Å². The summed E-state index contributed by atoms with van der Waals surface area (Å²) >= 11 is 2.00. The third-order valence-electron chi connectivity index (χ3n) is 2.00. The Bertz CT molecular complexity index is 522. The highest BCUT2D eigenvalue weighted by Crippen LogP contribution is 2.34. The fourth-order valence-corrected chi connectivity index (χ4v) is 2.09. The number of aliphatic carboxylic acids is 1. The molecule has 102 valence electrons. The largest absolute Gasteiger partial charge is 0.490 e. The number of carbonyl (C=O) groups is 2. The van der Waals surface area contributed by atoms with Crippen molar-refractivity contribution in [2.24, 2.45) is 0 Å². The number of esters is 1. The third-order valence-corrected chi connectivity index (χ3v) is 2.80. The molecule has 0 saturated carbocycles. The van der Waals surface area contributed by atoms with Gasteiger partial charge in [0, 0.05) is 13.0 Å². The summed E-state index contributed by atoms with van der Waals surface area (Å²) < 4.78 is 11.2. The molecular weight excluding hydrogens is 363 g/mol. The summed E-state index contributed by atoms with van der Waals surface area (Å²) in [6.45, 7) is 3.53. The van der Waals surface area contributed by atoms with Crippen LogP contribution in [0.4, 0.5) is 0 Å². The van der Waals surface area contributed by atoms with Crippen molar-refractivity contribution in [3.05, 3.63) is 27.3 Å². The maximum absolute atomic E-state index is 11.0. The summed E-state index contributed by atoms with van der Waals surface area (Å²) in [5.74, 6) is -0.707. The monoisotopic (exact) mass is 376 g/mol. The molecule has 0 radical (unpaired) electrons. The molecular formula is C13H13IO5. The maximum atomic E-state index is 11.0. The average molecular weight is 376 g/mol. The molecule has 1 aromatic rings. The molecule has 6 heteroatoms. The number of hydrogen-bond donors (Lipinski definition) is 1. The highest BCUT2D eigenvalue weighted by Gasteiger charge is 2.13. The minimum absolute atomic E-state index is 0.349. The number of carbonyl (C=O) groups excluding carboxylic acids is 1. The standard InChI is InChI=1S/C13H13IO5/c1-3-18-11-7-9(4-5-12(16)17)6-10(14)13(11)19-8(2)15/h4-7H,3H2,1-2H3,(H,16,17). The molecule has 5 nitrogen and oxygen atoms in total. The Kier molecular flexibility index (Phi) is 5.81. The zero-order valence-electron chi connectivity index (χ0n) is 10.5. The molecule has 0 aliphatic rings. The van der Waals surface area contributed by atoms with Gasteiger partial charge in [-0.3, -0.25) is 4.79 Å². The summed E-state index contributed by atoms with van der Waals surface area (Å²) in [4.78, 5) is 21.5. The van der Waals surface area contributed by atoms with Crippen LogP contribution in [0.5, 0.6) is 11.5 Å². The molecule has 1 rings (SSSR count). The van der Waals surface area contributed by atoms with E-state index in [4.69, 9.17) is 14.6 Å². The maximum Gasteiger partial charge on any atom is 0.328 e. The van der Waals surface area contributed by atoms with Gasteiger partial charge in [0.05, 0.1) is 10.2 Å². The van der Waals surface area contributed by atoms with E-state index in [2.05, 4.69) is 0 Å². The van der Waals surface area contributed by atoms with E-state index in [0.29, 0.717) is 27.2 Å². The molecule has 1 aromatic carbocycles. The molecule has 0 unspecified atom stereocenters. The van der Waals surface area contributed by atoms with Gasteiger partial charge in [0.1, 0.15) is 0 Å². The van der Waals surface area contributed by atoms with Gasteiger partial charge in [0.25, 0.3) is 0 Å². The summed E-state index contributed by atoms with van der Waals surface area (Å²) in [5, 5.41) is 8.60. The molecule has 0 spiro atoms. The van der Waals surface area contributed by atoms with Gasteiger partial charge in [-0.15, -0.1) is 0 Å².